The molecule has 1 aliphatic rings. The van der Waals surface area contributed by atoms with Crippen molar-refractivity contribution in [3.8, 4) is 0 Å². The minimum Gasteiger partial charge on any atom is -0.302 e. The fraction of sp³-hybridized carbons (Fsp3) is 1.00. The van der Waals surface area contributed by atoms with E-state index in [-0.39, 0.29) is 10.0 Å². The third-order valence-corrected chi connectivity index (χ3v) is 4.94. The van der Waals surface area contributed by atoms with E-state index < -0.39 is 0 Å². The predicted octanol–water partition coefficient (Wildman–Crippen LogP) is 1.39. The molecule has 1 saturated heterocycles. The molecule has 0 aliphatic carbocycles. The van der Waals surface area contributed by atoms with Crippen LogP contribution in [0, 0.1) is 0 Å². The van der Waals surface area contributed by atoms with Crippen LogP contribution in [0.2, 0.25) is 0 Å². The topological polar surface area (TPSA) is 3.24 Å². The van der Waals surface area contributed by atoms with Crippen LogP contribution in [0.4, 0.5) is 0 Å². The molecule has 0 spiro atoms. The van der Waals surface area contributed by atoms with E-state index in [1.165, 1.54) is 31.1 Å². The zero-order valence-electron chi connectivity index (χ0n) is 7.39. The highest BCUT2D eigenvalue weighted by molar-refractivity contribution is 8.32. The summed E-state index contributed by atoms with van der Waals surface area (Å²) in [6.07, 6.45) is 4.92. The Bertz CT molecular complexity index is 102. The summed E-state index contributed by atoms with van der Waals surface area (Å²) in [6.45, 7) is 6.20. The van der Waals surface area contributed by atoms with E-state index in [4.69, 9.17) is 0 Å². The molecule has 62 valence electrons. The average molecular weight is 161 g/mol. The van der Waals surface area contributed by atoms with Gasteiger partial charge in [-0.3, -0.25) is 0 Å². The van der Waals surface area contributed by atoms with Crippen LogP contribution in [0.25, 0.3) is 0 Å². The molecule has 10 heavy (non-hydrogen) atoms. The highest BCUT2D eigenvalue weighted by Crippen LogP contribution is 2.41. The van der Waals surface area contributed by atoms with Gasteiger partial charge in [-0.25, -0.2) is 10.0 Å². The van der Waals surface area contributed by atoms with Gasteiger partial charge in [0.25, 0.3) is 0 Å². The van der Waals surface area contributed by atoms with Gasteiger partial charge in [-0.05, 0) is 30.6 Å². The van der Waals surface area contributed by atoms with E-state index in [9.17, 15) is 0 Å². The van der Waals surface area contributed by atoms with Crippen molar-refractivity contribution in [2.24, 2.45) is 0 Å². The lowest BCUT2D eigenvalue weighted by atomic mass is 10.5. The SMILES string of the molecule is CCN1CCS(C)(C)CC1. The lowest BCUT2D eigenvalue weighted by Gasteiger charge is -2.40. The van der Waals surface area contributed by atoms with Crippen molar-refractivity contribution < 1.29 is 0 Å². The molecule has 0 unspecified atom stereocenters. The van der Waals surface area contributed by atoms with Crippen molar-refractivity contribution in [3.63, 3.8) is 0 Å². The predicted molar refractivity (Wildman–Crippen MR) is 51.3 cm³/mol. The molecule has 0 atom stereocenters. The fourth-order valence-electron chi connectivity index (χ4n) is 1.28. The van der Waals surface area contributed by atoms with Crippen molar-refractivity contribution in [1.29, 1.82) is 0 Å². The van der Waals surface area contributed by atoms with E-state index >= 15 is 0 Å². The van der Waals surface area contributed by atoms with E-state index in [1.54, 1.807) is 0 Å². The van der Waals surface area contributed by atoms with Gasteiger partial charge in [0.05, 0.1) is 0 Å². The van der Waals surface area contributed by atoms with E-state index in [0.29, 0.717) is 0 Å². The summed E-state index contributed by atoms with van der Waals surface area (Å²) in [5.41, 5.74) is 0. The van der Waals surface area contributed by atoms with Crippen molar-refractivity contribution >= 4 is 10.0 Å². The molecule has 1 rings (SSSR count). The highest BCUT2D eigenvalue weighted by atomic mass is 32.3. The van der Waals surface area contributed by atoms with E-state index in [0.717, 1.165) is 0 Å². The van der Waals surface area contributed by atoms with Crippen LogP contribution >= 0.6 is 10.0 Å². The van der Waals surface area contributed by atoms with Crippen LogP contribution in [0.15, 0.2) is 0 Å². The summed E-state index contributed by atoms with van der Waals surface area (Å²) in [4.78, 5) is 2.55. The summed E-state index contributed by atoms with van der Waals surface area (Å²) in [5.74, 6) is 2.92. The van der Waals surface area contributed by atoms with Gasteiger partial charge in [-0.1, -0.05) is 6.92 Å². The molecule has 0 radical (unpaired) electrons. The Labute approximate surface area is 66.1 Å². The molecule has 0 aromatic rings. The fourth-order valence-corrected chi connectivity index (χ4v) is 2.99. The molecule has 0 saturated carbocycles. The third-order valence-electron chi connectivity index (χ3n) is 2.37. The molecule has 2 heteroatoms. The number of hydrogen-bond donors (Lipinski definition) is 0. The number of nitrogens with zero attached hydrogens (tertiary/aromatic N) is 1. The van der Waals surface area contributed by atoms with Gasteiger partial charge in [0, 0.05) is 13.1 Å². The van der Waals surface area contributed by atoms with E-state index in [1.807, 2.05) is 0 Å². The molecule has 0 bridgehead atoms. The Balaban J connectivity index is 2.31. The number of rotatable bonds is 1. The maximum Gasteiger partial charge on any atom is 0.00578 e. The molecule has 1 fully saturated rings. The second-order valence-corrected chi connectivity index (χ2v) is 7.96. The Morgan fingerprint density at radius 2 is 1.70 bits per heavy atom. The minimum absolute atomic E-state index is 0.167. The maximum absolute atomic E-state index is 2.55. The van der Waals surface area contributed by atoms with Crippen molar-refractivity contribution in [2.45, 2.75) is 6.92 Å². The second-order valence-electron chi connectivity index (χ2n) is 3.61. The quantitative estimate of drug-likeness (QED) is 0.562. The molecular formula is C8H19NS. The molecule has 0 aromatic heterocycles. The lowest BCUT2D eigenvalue weighted by Crippen LogP contribution is -2.37. The molecular weight excluding hydrogens is 142 g/mol. The van der Waals surface area contributed by atoms with Gasteiger partial charge in [-0.15, -0.1) is 0 Å². The van der Waals surface area contributed by atoms with Crippen molar-refractivity contribution in [1.82, 2.24) is 4.90 Å². The summed E-state index contributed by atoms with van der Waals surface area (Å²) < 4.78 is 0. The van der Waals surface area contributed by atoms with Crippen LogP contribution in [-0.4, -0.2) is 48.6 Å². The smallest absolute Gasteiger partial charge is 0.00578 e. The van der Waals surface area contributed by atoms with Crippen molar-refractivity contribution in [3.05, 3.63) is 0 Å². The van der Waals surface area contributed by atoms with Gasteiger partial charge in [0.15, 0.2) is 0 Å². The maximum atomic E-state index is 2.55. The summed E-state index contributed by atoms with van der Waals surface area (Å²) in [6, 6.07) is 0. The van der Waals surface area contributed by atoms with Crippen LogP contribution in [0.5, 0.6) is 0 Å². The Hall–Kier alpha value is 0.310. The number of hydrogen-bond acceptors (Lipinski definition) is 1. The van der Waals surface area contributed by atoms with Gasteiger partial charge in [0.1, 0.15) is 0 Å². The normalized spacial score (nSPS) is 29.9. The zero-order valence-corrected chi connectivity index (χ0v) is 8.21. The van der Waals surface area contributed by atoms with Gasteiger partial charge < -0.3 is 4.90 Å². The van der Waals surface area contributed by atoms with Crippen LogP contribution in [0.1, 0.15) is 6.92 Å². The Kier molecular flexibility index (Phi) is 2.64. The molecule has 1 aliphatic heterocycles. The van der Waals surface area contributed by atoms with Crippen molar-refractivity contribution in [2.75, 3.05) is 43.7 Å². The first-order valence-electron chi connectivity index (χ1n) is 4.05. The molecule has 0 N–H and O–H groups in total. The Morgan fingerprint density at radius 3 is 2.10 bits per heavy atom. The zero-order chi connectivity index (χ0) is 7.61. The van der Waals surface area contributed by atoms with E-state index in [2.05, 4.69) is 24.3 Å². The molecule has 0 aromatic carbocycles. The van der Waals surface area contributed by atoms with Crippen LogP contribution in [-0.2, 0) is 0 Å². The van der Waals surface area contributed by atoms with Crippen LogP contribution in [0.3, 0.4) is 0 Å². The first-order chi connectivity index (χ1) is 4.64. The first-order valence-corrected chi connectivity index (χ1v) is 6.84. The lowest BCUT2D eigenvalue weighted by molar-refractivity contribution is 0.318. The van der Waals surface area contributed by atoms with Gasteiger partial charge in [-0.2, -0.15) is 0 Å². The Morgan fingerprint density at radius 1 is 1.20 bits per heavy atom. The van der Waals surface area contributed by atoms with Crippen LogP contribution < -0.4 is 0 Å². The highest BCUT2D eigenvalue weighted by Gasteiger charge is 2.19. The third kappa shape index (κ3) is 2.17. The minimum atomic E-state index is -0.167. The molecule has 0 amide bonds. The average Bonchev–Trinajstić information content (AvgIpc) is 1.88. The van der Waals surface area contributed by atoms with Gasteiger partial charge in [0.2, 0.25) is 0 Å². The largest absolute Gasteiger partial charge is 0.302 e. The summed E-state index contributed by atoms with van der Waals surface area (Å²) in [7, 11) is -0.167. The summed E-state index contributed by atoms with van der Waals surface area (Å²) >= 11 is 0. The molecule has 1 heterocycles. The summed E-state index contributed by atoms with van der Waals surface area (Å²) in [5, 5.41) is 0. The standard InChI is InChI=1S/C8H19NS/c1-4-9-5-7-10(2,3)8-6-9/h4-8H2,1-3H3. The first kappa shape index (κ1) is 8.41. The molecule has 1 nitrogen and oxygen atoms in total. The monoisotopic (exact) mass is 161 g/mol. The second kappa shape index (κ2) is 3.14. The van der Waals surface area contributed by atoms with Gasteiger partial charge >= 0.3 is 0 Å².